The number of rotatable bonds is 2. The predicted octanol–water partition coefficient (Wildman–Crippen LogP) is -1.29. The van der Waals surface area contributed by atoms with Gasteiger partial charge in [-0.05, 0) is 13.2 Å². The molecule has 0 aromatic carbocycles. The van der Waals surface area contributed by atoms with Crippen LogP contribution in [-0.2, 0) is 4.74 Å². The smallest absolute Gasteiger partial charge is 0.0503 e. The molecule has 0 bridgehead atoms. The minimum Gasteiger partial charge on any atom is -0.873 e. The van der Waals surface area contributed by atoms with Gasteiger partial charge < -0.3 is 14.9 Å². The fraction of sp³-hybridized carbons (Fsp3) is 0.200. The van der Waals surface area contributed by atoms with E-state index < -0.39 is 11.7 Å². The molecule has 0 aromatic rings. The molecule has 0 atom stereocenters. The summed E-state index contributed by atoms with van der Waals surface area (Å²) in [6.07, 6.45) is 0.778. The Bertz CT molecular complexity index is 115. The highest BCUT2D eigenvalue weighted by molar-refractivity contribution is 5.02. The lowest BCUT2D eigenvalue weighted by Gasteiger charge is -2.10. The Morgan fingerprint density at radius 3 is 2.25 bits per heavy atom. The van der Waals surface area contributed by atoms with Gasteiger partial charge in [0.2, 0.25) is 0 Å². The summed E-state index contributed by atoms with van der Waals surface area (Å²) in [6, 6.07) is 0. The van der Waals surface area contributed by atoms with Crippen LogP contribution in [0.4, 0.5) is 0 Å². The van der Waals surface area contributed by atoms with E-state index in [1.54, 1.807) is 0 Å². The first-order chi connectivity index (χ1) is 3.66. The molecule has 0 aliphatic carbocycles. The number of hydrogen-bond donors (Lipinski definition) is 0. The van der Waals surface area contributed by atoms with Crippen LogP contribution in [0.2, 0.25) is 0 Å². The monoisotopic (exact) mass is 114 g/mol. The zero-order valence-electron chi connectivity index (χ0n) is 4.51. The van der Waals surface area contributed by atoms with Gasteiger partial charge in [0.1, 0.15) is 0 Å². The summed E-state index contributed by atoms with van der Waals surface area (Å²) in [7, 11) is 1.20. The van der Waals surface area contributed by atoms with Gasteiger partial charge in [-0.15, -0.1) is 12.3 Å². The van der Waals surface area contributed by atoms with E-state index in [4.69, 9.17) is 0 Å². The molecule has 0 aliphatic rings. The van der Waals surface area contributed by atoms with E-state index in [1.807, 2.05) is 0 Å². The lowest BCUT2D eigenvalue weighted by Crippen LogP contribution is -2.08. The van der Waals surface area contributed by atoms with E-state index in [0.29, 0.717) is 0 Å². The van der Waals surface area contributed by atoms with Crippen molar-refractivity contribution >= 4 is 0 Å². The molecule has 0 heterocycles. The average molecular weight is 114 g/mol. The van der Waals surface area contributed by atoms with Crippen molar-refractivity contribution in [2.45, 2.75) is 0 Å². The maximum atomic E-state index is 10.1. The molecule has 0 saturated carbocycles. The van der Waals surface area contributed by atoms with Crippen molar-refractivity contribution in [1.29, 1.82) is 0 Å². The van der Waals surface area contributed by atoms with Gasteiger partial charge in [-0.3, -0.25) is 0 Å². The fourth-order valence-electron chi connectivity index (χ4n) is 0.190. The minimum absolute atomic E-state index is 0.545. The van der Waals surface area contributed by atoms with Gasteiger partial charge in [0, 0.05) is 0 Å². The van der Waals surface area contributed by atoms with Crippen LogP contribution in [-0.4, -0.2) is 7.11 Å². The molecule has 3 nitrogen and oxygen atoms in total. The first kappa shape index (κ1) is 6.88. The standard InChI is InChI=1S/C5H8O3/c1-4(6)3-5(7)8-2/h3,6-7H,1H2,2H3/p-2/b5-3+. The Hall–Kier alpha value is -1.12. The molecule has 0 saturated heterocycles. The van der Waals surface area contributed by atoms with Gasteiger partial charge in [0.25, 0.3) is 0 Å². The molecule has 0 amide bonds. The molecule has 46 valence electrons. The van der Waals surface area contributed by atoms with Crippen LogP contribution in [0.25, 0.3) is 0 Å². The number of methoxy groups -OCH3 is 1. The van der Waals surface area contributed by atoms with Gasteiger partial charge in [-0.2, -0.15) is 0 Å². The summed E-state index contributed by atoms with van der Waals surface area (Å²) in [5, 5.41) is 20.0. The van der Waals surface area contributed by atoms with E-state index >= 15 is 0 Å². The largest absolute Gasteiger partial charge is 0.873 e. The summed E-state index contributed by atoms with van der Waals surface area (Å²) in [4.78, 5) is 0. The molecule has 0 aromatic heterocycles. The highest BCUT2D eigenvalue weighted by atomic mass is 16.6. The van der Waals surface area contributed by atoms with E-state index in [-0.39, 0.29) is 0 Å². The highest BCUT2D eigenvalue weighted by Gasteiger charge is 1.68. The van der Waals surface area contributed by atoms with Crippen molar-refractivity contribution in [1.82, 2.24) is 0 Å². The number of ether oxygens (including phenoxy) is 1. The van der Waals surface area contributed by atoms with Crippen LogP contribution in [0.5, 0.6) is 0 Å². The summed E-state index contributed by atoms with van der Waals surface area (Å²) in [5.41, 5.74) is 0. The zero-order chi connectivity index (χ0) is 6.57. The van der Waals surface area contributed by atoms with E-state index in [9.17, 15) is 10.2 Å². The van der Waals surface area contributed by atoms with Crippen LogP contribution in [0.3, 0.4) is 0 Å². The Labute approximate surface area is 47.5 Å². The quantitative estimate of drug-likeness (QED) is 0.331. The lowest BCUT2D eigenvalue weighted by molar-refractivity contribution is -0.356. The van der Waals surface area contributed by atoms with Crippen molar-refractivity contribution < 1.29 is 14.9 Å². The summed E-state index contributed by atoms with van der Waals surface area (Å²) < 4.78 is 4.11. The van der Waals surface area contributed by atoms with Gasteiger partial charge in [0.05, 0.1) is 5.95 Å². The lowest BCUT2D eigenvalue weighted by atomic mass is 10.5. The third kappa shape index (κ3) is 3.08. The third-order valence-corrected chi connectivity index (χ3v) is 0.480. The van der Waals surface area contributed by atoms with Crippen LogP contribution in [0, 0.1) is 0 Å². The normalized spacial score (nSPS) is 10.9. The first-order valence-electron chi connectivity index (χ1n) is 1.95. The van der Waals surface area contributed by atoms with Crippen molar-refractivity contribution in [3.8, 4) is 0 Å². The topological polar surface area (TPSA) is 55.3 Å². The average Bonchev–Trinajstić information content (AvgIpc) is 1.65. The van der Waals surface area contributed by atoms with Gasteiger partial charge in [-0.1, -0.05) is 0 Å². The van der Waals surface area contributed by atoms with Crippen LogP contribution in [0.1, 0.15) is 0 Å². The SMILES string of the molecule is C=C([O-])/C=C(\[O-])OC. The maximum absolute atomic E-state index is 10.1. The third-order valence-electron chi connectivity index (χ3n) is 0.480. The van der Waals surface area contributed by atoms with Gasteiger partial charge >= 0.3 is 0 Å². The second-order valence-electron chi connectivity index (χ2n) is 1.13. The van der Waals surface area contributed by atoms with Crippen LogP contribution in [0.15, 0.2) is 24.4 Å². The molecular weight excluding hydrogens is 108 g/mol. The number of hydrogen-bond acceptors (Lipinski definition) is 3. The molecule has 3 heteroatoms. The molecular formula is C5H6O3-2. The molecule has 0 radical (unpaired) electrons. The Kier molecular flexibility index (Phi) is 2.54. The van der Waals surface area contributed by atoms with Crippen LogP contribution < -0.4 is 10.2 Å². The molecule has 8 heavy (non-hydrogen) atoms. The molecule has 0 unspecified atom stereocenters. The summed E-state index contributed by atoms with van der Waals surface area (Å²) >= 11 is 0. The van der Waals surface area contributed by atoms with E-state index in [1.165, 1.54) is 7.11 Å². The van der Waals surface area contributed by atoms with Crippen molar-refractivity contribution in [3.05, 3.63) is 24.4 Å². The van der Waals surface area contributed by atoms with E-state index in [0.717, 1.165) is 6.08 Å². The van der Waals surface area contributed by atoms with Crippen molar-refractivity contribution in [3.63, 3.8) is 0 Å². The molecule has 0 spiro atoms. The Balaban J connectivity index is 3.75. The van der Waals surface area contributed by atoms with Crippen LogP contribution >= 0.6 is 0 Å². The predicted molar refractivity (Wildman–Crippen MR) is 24.2 cm³/mol. The Morgan fingerprint density at radius 2 is 2.12 bits per heavy atom. The molecule has 0 fully saturated rings. The maximum Gasteiger partial charge on any atom is 0.0503 e. The number of allylic oxidation sites excluding steroid dienone is 1. The minimum atomic E-state index is -0.662. The van der Waals surface area contributed by atoms with E-state index in [2.05, 4.69) is 11.3 Å². The second-order valence-corrected chi connectivity index (χ2v) is 1.13. The summed E-state index contributed by atoms with van der Waals surface area (Å²) in [5.74, 6) is -1.21. The summed E-state index contributed by atoms with van der Waals surface area (Å²) in [6.45, 7) is 2.93. The fourth-order valence-corrected chi connectivity index (χ4v) is 0.190. The highest BCUT2D eigenvalue weighted by Crippen LogP contribution is 1.85. The second kappa shape index (κ2) is 2.96. The van der Waals surface area contributed by atoms with Gasteiger partial charge in [0.15, 0.2) is 0 Å². The zero-order valence-corrected chi connectivity index (χ0v) is 4.51. The Morgan fingerprint density at radius 1 is 1.62 bits per heavy atom. The van der Waals surface area contributed by atoms with Crippen molar-refractivity contribution in [2.24, 2.45) is 0 Å². The molecule has 0 N–H and O–H groups in total. The molecule has 0 rings (SSSR count). The molecule has 0 aliphatic heterocycles. The van der Waals surface area contributed by atoms with Gasteiger partial charge in [-0.25, -0.2) is 0 Å². The first-order valence-corrected chi connectivity index (χ1v) is 1.95. The van der Waals surface area contributed by atoms with Crippen molar-refractivity contribution in [2.75, 3.05) is 7.11 Å².